The highest BCUT2D eigenvalue weighted by Crippen LogP contribution is 2.26. The van der Waals surface area contributed by atoms with Gasteiger partial charge in [0, 0.05) is 16.0 Å². The fraction of sp³-hybridized carbons (Fsp3) is 0.111. The van der Waals surface area contributed by atoms with Crippen LogP contribution in [0, 0.1) is 3.57 Å². The molecule has 2 aromatic rings. The zero-order chi connectivity index (χ0) is 11.8. The molecule has 0 aliphatic heterocycles. The zero-order valence-corrected chi connectivity index (χ0v) is 11.3. The summed E-state index contributed by atoms with van der Waals surface area (Å²) in [5, 5.41) is 0. The molecule has 0 bridgehead atoms. The van der Waals surface area contributed by atoms with E-state index in [1.165, 1.54) is 6.20 Å². The Morgan fingerprint density at radius 2 is 1.94 bits per heavy atom. The largest absolute Gasteiger partial charge is 0.280 e. The summed E-state index contributed by atoms with van der Waals surface area (Å²) in [6.07, 6.45) is 4.21. The number of fused-ring (bicyclic) bond motifs is 1. The molecule has 7 heteroatoms. The van der Waals surface area contributed by atoms with Crippen LogP contribution in [0.2, 0.25) is 0 Å². The fourth-order valence-electron chi connectivity index (χ4n) is 1.29. The topological polar surface area (TPSA) is 72.0 Å². The summed E-state index contributed by atoms with van der Waals surface area (Å²) in [5.41, 5.74) is 1.70. The van der Waals surface area contributed by atoms with Gasteiger partial charge in [-0.15, -0.1) is 0 Å². The molecular formula is C9H8IN3O2S. The van der Waals surface area contributed by atoms with E-state index in [0.29, 0.717) is 16.7 Å². The molecule has 1 aromatic heterocycles. The van der Waals surface area contributed by atoms with E-state index in [1.54, 1.807) is 18.3 Å². The standard InChI is InChI=1S/C9H8IN3O2S/c1-16(14,15)13-8-6(10)2-3-7-9(8)12-5-4-11-7/h2-5,13H,1H3. The number of hydrogen-bond acceptors (Lipinski definition) is 4. The highest BCUT2D eigenvalue weighted by molar-refractivity contribution is 14.1. The first kappa shape index (κ1) is 11.5. The smallest absolute Gasteiger partial charge is 0.229 e. The van der Waals surface area contributed by atoms with E-state index in [9.17, 15) is 8.42 Å². The number of anilines is 1. The molecule has 0 saturated heterocycles. The van der Waals surface area contributed by atoms with Crippen LogP contribution in [-0.2, 0) is 10.0 Å². The fourth-order valence-corrected chi connectivity index (χ4v) is 2.62. The van der Waals surface area contributed by atoms with Crippen LogP contribution in [0.5, 0.6) is 0 Å². The molecule has 84 valence electrons. The normalized spacial score (nSPS) is 11.6. The number of halogens is 1. The Bertz CT molecular complexity index is 642. The van der Waals surface area contributed by atoms with Gasteiger partial charge < -0.3 is 0 Å². The zero-order valence-electron chi connectivity index (χ0n) is 8.31. The Hall–Kier alpha value is -0.960. The number of benzene rings is 1. The molecule has 0 unspecified atom stereocenters. The Kier molecular flexibility index (Phi) is 2.98. The summed E-state index contributed by atoms with van der Waals surface area (Å²) < 4.78 is 25.7. The molecule has 1 N–H and O–H groups in total. The molecule has 0 radical (unpaired) electrons. The van der Waals surface area contributed by atoms with E-state index in [0.717, 1.165) is 9.83 Å². The lowest BCUT2D eigenvalue weighted by Gasteiger charge is -2.08. The van der Waals surface area contributed by atoms with Crippen molar-refractivity contribution in [1.82, 2.24) is 9.97 Å². The number of aromatic nitrogens is 2. The first-order valence-electron chi connectivity index (χ1n) is 4.34. The van der Waals surface area contributed by atoms with Gasteiger partial charge in [0.15, 0.2) is 0 Å². The summed E-state index contributed by atoms with van der Waals surface area (Å²) in [4.78, 5) is 8.24. The van der Waals surface area contributed by atoms with E-state index < -0.39 is 10.0 Å². The van der Waals surface area contributed by atoms with Crippen LogP contribution in [0.15, 0.2) is 24.5 Å². The van der Waals surface area contributed by atoms with E-state index in [1.807, 2.05) is 0 Å². The molecule has 0 fully saturated rings. The van der Waals surface area contributed by atoms with Crippen molar-refractivity contribution < 1.29 is 8.42 Å². The van der Waals surface area contributed by atoms with Crippen LogP contribution in [-0.4, -0.2) is 24.6 Å². The van der Waals surface area contributed by atoms with Crippen molar-refractivity contribution in [2.45, 2.75) is 0 Å². The summed E-state index contributed by atoms with van der Waals surface area (Å²) >= 11 is 2.05. The van der Waals surface area contributed by atoms with Crippen molar-refractivity contribution >= 4 is 49.3 Å². The maximum absolute atomic E-state index is 11.2. The monoisotopic (exact) mass is 349 g/mol. The third-order valence-corrected chi connectivity index (χ3v) is 3.35. The highest BCUT2D eigenvalue weighted by Gasteiger charge is 2.11. The summed E-state index contributed by atoms with van der Waals surface area (Å²) in [5.74, 6) is 0. The Balaban J connectivity index is 2.71. The van der Waals surface area contributed by atoms with Crippen molar-refractivity contribution in [3.63, 3.8) is 0 Å². The summed E-state index contributed by atoms with van der Waals surface area (Å²) in [6, 6.07) is 3.60. The van der Waals surface area contributed by atoms with E-state index in [-0.39, 0.29) is 0 Å². The molecule has 0 spiro atoms. The number of hydrogen-bond donors (Lipinski definition) is 1. The third kappa shape index (κ3) is 2.40. The van der Waals surface area contributed by atoms with Gasteiger partial charge in [0.05, 0.1) is 17.5 Å². The molecule has 5 nitrogen and oxygen atoms in total. The molecular weight excluding hydrogens is 341 g/mol. The van der Waals surface area contributed by atoms with Crippen molar-refractivity contribution in [1.29, 1.82) is 0 Å². The molecule has 16 heavy (non-hydrogen) atoms. The van der Waals surface area contributed by atoms with E-state index >= 15 is 0 Å². The van der Waals surface area contributed by atoms with Crippen LogP contribution in [0.3, 0.4) is 0 Å². The molecule has 1 aromatic carbocycles. The second-order valence-electron chi connectivity index (χ2n) is 3.22. The van der Waals surface area contributed by atoms with Crippen molar-refractivity contribution in [2.75, 3.05) is 11.0 Å². The molecule has 0 saturated carbocycles. The number of sulfonamides is 1. The van der Waals surface area contributed by atoms with Gasteiger partial charge in [0.2, 0.25) is 10.0 Å². The Morgan fingerprint density at radius 3 is 2.62 bits per heavy atom. The van der Waals surface area contributed by atoms with Gasteiger partial charge in [-0.2, -0.15) is 0 Å². The summed E-state index contributed by atoms with van der Waals surface area (Å²) in [7, 11) is -3.31. The van der Waals surface area contributed by atoms with Crippen LogP contribution in [0.25, 0.3) is 11.0 Å². The predicted octanol–water partition coefficient (Wildman–Crippen LogP) is 1.61. The van der Waals surface area contributed by atoms with Crippen molar-refractivity contribution in [3.05, 3.63) is 28.1 Å². The first-order chi connectivity index (χ1) is 7.47. The minimum Gasteiger partial charge on any atom is -0.280 e. The lowest BCUT2D eigenvalue weighted by Crippen LogP contribution is -2.11. The highest BCUT2D eigenvalue weighted by atomic mass is 127. The maximum Gasteiger partial charge on any atom is 0.229 e. The molecule has 2 rings (SSSR count). The van der Waals surface area contributed by atoms with Gasteiger partial charge in [-0.3, -0.25) is 14.7 Å². The predicted molar refractivity (Wildman–Crippen MR) is 70.7 cm³/mol. The summed E-state index contributed by atoms with van der Waals surface area (Å²) in [6.45, 7) is 0. The number of nitrogens with one attached hydrogen (secondary N) is 1. The van der Waals surface area contributed by atoms with Crippen LogP contribution >= 0.6 is 22.6 Å². The van der Waals surface area contributed by atoms with Gasteiger partial charge in [-0.1, -0.05) is 0 Å². The van der Waals surface area contributed by atoms with Gasteiger partial charge >= 0.3 is 0 Å². The van der Waals surface area contributed by atoms with Crippen LogP contribution in [0.1, 0.15) is 0 Å². The average Bonchev–Trinajstić information content (AvgIpc) is 2.21. The maximum atomic E-state index is 11.2. The lowest BCUT2D eigenvalue weighted by atomic mass is 10.2. The Labute approximate surface area is 106 Å². The lowest BCUT2D eigenvalue weighted by molar-refractivity contribution is 0.607. The molecule has 0 atom stereocenters. The third-order valence-electron chi connectivity index (χ3n) is 1.88. The second-order valence-corrected chi connectivity index (χ2v) is 6.13. The minimum absolute atomic E-state index is 0.480. The number of nitrogens with zero attached hydrogens (tertiary/aromatic N) is 2. The van der Waals surface area contributed by atoms with Crippen molar-refractivity contribution in [2.24, 2.45) is 0 Å². The molecule has 0 aliphatic rings. The minimum atomic E-state index is -3.31. The van der Waals surface area contributed by atoms with E-state index in [2.05, 4.69) is 37.3 Å². The van der Waals surface area contributed by atoms with Gasteiger partial charge in [0.25, 0.3) is 0 Å². The second kappa shape index (κ2) is 4.13. The van der Waals surface area contributed by atoms with Gasteiger partial charge in [-0.25, -0.2) is 8.42 Å². The van der Waals surface area contributed by atoms with Crippen LogP contribution in [0.4, 0.5) is 5.69 Å². The van der Waals surface area contributed by atoms with E-state index in [4.69, 9.17) is 0 Å². The molecule has 0 amide bonds. The van der Waals surface area contributed by atoms with Crippen molar-refractivity contribution in [3.8, 4) is 0 Å². The quantitative estimate of drug-likeness (QED) is 0.837. The molecule has 0 aliphatic carbocycles. The Morgan fingerprint density at radius 1 is 1.25 bits per heavy atom. The van der Waals surface area contributed by atoms with Crippen LogP contribution < -0.4 is 4.72 Å². The van der Waals surface area contributed by atoms with Gasteiger partial charge in [0.1, 0.15) is 5.52 Å². The average molecular weight is 349 g/mol. The van der Waals surface area contributed by atoms with Gasteiger partial charge in [-0.05, 0) is 34.7 Å². The SMILES string of the molecule is CS(=O)(=O)Nc1c(I)ccc2nccnc12. The number of rotatable bonds is 2. The first-order valence-corrected chi connectivity index (χ1v) is 7.31. The molecule has 1 heterocycles.